The van der Waals surface area contributed by atoms with Crippen LogP contribution in [0.3, 0.4) is 0 Å². The first-order valence-corrected chi connectivity index (χ1v) is 14.9. The van der Waals surface area contributed by atoms with Gasteiger partial charge in [-0.25, -0.2) is 9.37 Å². The maximum Gasteiger partial charge on any atom is 0.258 e. The highest BCUT2D eigenvalue weighted by molar-refractivity contribution is 6.04. The summed E-state index contributed by atoms with van der Waals surface area (Å²) in [4.78, 5) is 33.0. The first-order chi connectivity index (χ1) is 19.5. The van der Waals surface area contributed by atoms with E-state index in [-0.39, 0.29) is 35.4 Å². The second-order valence-electron chi connectivity index (χ2n) is 12.5. The SMILES string of the molecule is CC(C)NC(=O)C1CCC(n2c(NC(=O)c3cccc(F)c3)nc3ccc(N4CCC(C(C)(C)O)CC4)cc32)CC1. The van der Waals surface area contributed by atoms with E-state index in [4.69, 9.17) is 4.98 Å². The van der Waals surface area contributed by atoms with Crippen molar-refractivity contribution < 1.29 is 19.1 Å². The zero-order valence-electron chi connectivity index (χ0n) is 24.5. The van der Waals surface area contributed by atoms with Gasteiger partial charge in [0.1, 0.15) is 5.82 Å². The van der Waals surface area contributed by atoms with Crippen LogP contribution in [-0.4, -0.2) is 51.2 Å². The van der Waals surface area contributed by atoms with Crippen LogP contribution >= 0.6 is 0 Å². The molecule has 9 heteroatoms. The number of benzene rings is 2. The molecule has 41 heavy (non-hydrogen) atoms. The molecule has 2 amide bonds. The number of aromatic nitrogens is 2. The molecule has 1 aliphatic carbocycles. The van der Waals surface area contributed by atoms with Gasteiger partial charge in [-0.3, -0.25) is 14.9 Å². The average molecular weight is 564 g/mol. The van der Waals surface area contributed by atoms with Crippen molar-refractivity contribution in [1.82, 2.24) is 14.9 Å². The van der Waals surface area contributed by atoms with E-state index >= 15 is 0 Å². The van der Waals surface area contributed by atoms with Gasteiger partial charge in [0.2, 0.25) is 11.9 Å². The molecule has 2 aromatic carbocycles. The van der Waals surface area contributed by atoms with Gasteiger partial charge in [0, 0.05) is 42.3 Å². The third-order valence-corrected chi connectivity index (χ3v) is 8.71. The molecular weight excluding hydrogens is 521 g/mol. The number of carbonyl (C=O) groups excluding carboxylic acids is 2. The summed E-state index contributed by atoms with van der Waals surface area (Å²) < 4.78 is 16.0. The van der Waals surface area contributed by atoms with Gasteiger partial charge in [-0.1, -0.05) is 6.07 Å². The smallest absolute Gasteiger partial charge is 0.258 e. The Morgan fingerprint density at radius 3 is 2.37 bits per heavy atom. The number of fused-ring (bicyclic) bond motifs is 1. The molecule has 8 nitrogen and oxygen atoms in total. The number of anilines is 2. The van der Waals surface area contributed by atoms with Crippen LogP contribution in [0.5, 0.6) is 0 Å². The zero-order chi connectivity index (χ0) is 29.3. The quantitative estimate of drug-likeness (QED) is 0.344. The Kier molecular flexibility index (Phi) is 8.36. The number of amides is 2. The summed E-state index contributed by atoms with van der Waals surface area (Å²) in [5.41, 5.74) is 2.33. The largest absolute Gasteiger partial charge is 0.390 e. The highest BCUT2D eigenvalue weighted by Gasteiger charge is 2.32. The summed E-state index contributed by atoms with van der Waals surface area (Å²) in [5.74, 6) is -0.114. The Morgan fingerprint density at radius 1 is 1.02 bits per heavy atom. The third-order valence-electron chi connectivity index (χ3n) is 8.71. The Bertz CT molecular complexity index is 1400. The number of imidazole rings is 1. The minimum atomic E-state index is -0.686. The Morgan fingerprint density at radius 2 is 1.73 bits per heavy atom. The number of halogens is 1. The Labute approximate surface area is 241 Å². The molecule has 220 valence electrons. The maximum atomic E-state index is 13.8. The van der Waals surface area contributed by atoms with Crippen molar-refractivity contribution >= 4 is 34.5 Å². The fraction of sp³-hybridized carbons (Fsp3) is 0.531. The van der Waals surface area contributed by atoms with Crippen molar-refractivity contribution in [2.45, 2.75) is 83.9 Å². The number of nitrogens with one attached hydrogen (secondary N) is 2. The van der Waals surface area contributed by atoms with Gasteiger partial charge in [0.25, 0.3) is 5.91 Å². The van der Waals surface area contributed by atoms with E-state index in [0.29, 0.717) is 5.95 Å². The van der Waals surface area contributed by atoms with Crippen LogP contribution < -0.4 is 15.5 Å². The van der Waals surface area contributed by atoms with Crippen molar-refractivity contribution in [2.24, 2.45) is 11.8 Å². The van der Waals surface area contributed by atoms with Crippen LogP contribution in [-0.2, 0) is 4.79 Å². The topological polar surface area (TPSA) is 99.5 Å². The van der Waals surface area contributed by atoms with Crippen LogP contribution in [0.15, 0.2) is 42.5 Å². The van der Waals surface area contributed by atoms with E-state index in [2.05, 4.69) is 32.2 Å². The van der Waals surface area contributed by atoms with Gasteiger partial charge in [0.15, 0.2) is 0 Å². The maximum absolute atomic E-state index is 13.8. The lowest BCUT2D eigenvalue weighted by Crippen LogP contribution is -2.41. The number of piperidine rings is 1. The monoisotopic (exact) mass is 563 g/mol. The molecule has 0 atom stereocenters. The molecule has 3 aromatic rings. The summed E-state index contributed by atoms with van der Waals surface area (Å²) in [6, 6.07) is 12.0. The fourth-order valence-corrected chi connectivity index (χ4v) is 6.38. The molecule has 2 heterocycles. The van der Waals surface area contributed by atoms with Crippen molar-refractivity contribution in [3.63, 3.8) is 0 Å². The summed E-state index contributed by atoms with van der Waals surface area (Å²) >= 11 is 0. The van der Waals surface area contributed by atoms with Gasteiger partial charge >= 0.3 is 0 Å². The molecule has 1 saturated heterocycles. The number of aliphatic hydroxyl groups is 1. The molecule has 1 saturated carbocycles. The van der Waals surface area contributed by atoms with Crippen molar-refractivity contribution in [3.8, 4) is 0 Å². The molecular formula is C32H42FN5O3. The molecule has 5 rings (SSSR count). The fourth-order valence-electron chi connectivity index (χ4n) is 6.38. The summed E-state index contributed by atoms with van der Waals surface area (Å²) in [5, 5.41) is 16.5. The number of nitrogens with zero attached hydrogens (tertiary/aromatic N) is 3. The Hall–Kier alpha value is -3.46. The molecule has 1 aliphatic heterocycles. The highest BCUT2D eigenvalue weighted by Crippen LogP contribution is 2.38. The van der Waals surface area contributed by atoms with Crippen LogP contribution in [0.4, 0.5) is 16.0 Å². The third kappa shape index (κ3) is 6.56. The molecule has 0 radical (unpaired) electrons. The summed E-state index contributed by atoms with van der Waals surface area (Å²) in [6.45, 7) is 9.43. The molecule has 2 aliphatic rings. The standard InChI is InChI=1S/C32H42FN5O3/c1-20(2)34-29(39)21-8-10-25(11-9-21)38-28-19-26(37-16-14-23(15-17-37)32(3,4)41)12-13-27(28)35-31(38)36-30(40)22-6-5-7-24(33)18-22/h5-7,12-13,18-21,23,25,41H,8-11,14-17H2,1-4H3,(H,34,39)(H,35,36,40). The molecule has 0 unspecified atom stereocenters. The summed E-state index contributed by atoms with van der Waals surface area (Å²) in [6.07, 6.45) is 4.91. The molecule has 3 N–H and O–H groups in total. The summed E-state index contributed by atoms with van der Waals surface area (Å²) in [7, 11) is 0. The molecule has 1 aromatic heterocycles. The van der Waals surface area contributed by atoms with Gasteiger partial charge in [0.05, 0.1) is 16.6 Å². The van der Waals surface area contributed by atoms with E-state index in [1.165, 1.54) is 18.2 Å². The first kappa shape index (κ1) is 29.0. The normalized spacial score (nSPS) is 20.4. The van der Waals surface area contributed by atoms with Crippen LogP contribution in [0.2, 0.25) is 0 Å². The second kappa shape index (κ2) is 11.8. The van der Waals surface area contributed by atoms with Crippen LogP contribution in [0, 0.1) is 17.7 Å². The lowest BCUT2D eigenvalue weighted by Gasteiger charge is -2.38. The predicted octanol–water partition coefficient (Wildman–Crippen LogP) is 5.67. The minimum absolute atomic E-state index is 0.0265. The van der Waals surface area contributed by atoms with Gasteiger partial charge in [-0.05, 0) is 109 Å². The van der Waals surface area contributed by atoms with Gasteiger partial charge in [-0.15, -0.1) is 0 Å². The van der Waals surface area contributed by atoms with E-state index in [1.807, 2.05) is 33.8 Å². The Balaban J connectivity index is 1.44. The lowest BCUT2D eigenvalue weighted by molar-refractivity contribution is -0.126. The van der Waals surface area contributed by atoms with E-state index in [0.717, 1.165) is 68.3 Å². The minimum Gasteiger partial charge on any atom is -0.390 e. The van der Waals surface area contributed by atoms with E-state index < -0.39 is 17.3 Å². The van der Waals surface area contributed by atoms with Gasteiger partial charge in [-0.2, -0.15) is 0 Å². The predicted molar refractivity (Wildman–Crippen MR) is 160 cm³/mol. The van der Waals surface area contributed by atoms with Crippen molar-refractivity contribution in [1.29, 1.82) is 0 Å². The van der Waals surface area contributed by atoms with Crippen molar-refractivity contribution in [3.05, 3.63) is 53.8 Å². The van der Waals surface area contributed by atoms with Gasteiger partial charge < -0.3 is 19.9 Å². The van der Waals surface area contributed by atoms with Crippen LogP contribution in [0.1, 0.15) is 82.6 Å². The second-order valence-corrected chi connectivity index (χ2v) is 12.5. The van der Waals surface area contributed by atoms with Crippen LogP contribution in [0.25, 0.3) is 11.0 Å². The molecule has 0 bridgehead atoms. The average Bonchev–Trinajstić information content (AvgIpc) is 3.29. The van der Waals surface area contributed by atoms with E-state index in [1.54, 1.807) is 6.07 Å². The highest BCUT2D eigenvalue weighted by atomic mass is 19.1. The molecule has 2 fully saturated rings. The molecule has 0 spiro atoms. The number of hydrogen-bond donors (Lipinski definition) is 3. The van der Waals surface area contributed by atoms with E-state index in [9.17, 15) is 19.1 Å². The number of hydrogen-bond acceptors (Lipinski definition) is 5. The van der Waals surface area contributed by atoms with Crippen molar-refractivity contribution in [2.75, 3.05) is 23.3 Å². The number of rotatable bonds is 7. The number of carbonyl (C=O) groups is 2. The zero-order valence-corrected chi connectivity index (χ0v) is 24.5. The first-order valence-electron chi connectivity index (χ1n) is 14.9. The lowest BCUT2D eigenvalue weighted by atomic mass is 9.83.